The Hall–Kier alpha value is -1.55. The molecule has 1 amide bonds. The summed E-state index contributed by atoms with van der Waals surface area (Å²) in [4.78, 5) is 13.8. The van der Waals surface area contributed by atoms with E-state index in [9.17, 15) is 4.79 Å². The molecule has 1 heterocycles. The highest BCUT2D eigenvalue weighted by Gasteiger charge is 2.29. The summed E-state index contributed by atoms with van der Waals surface area (Å²) in [5, 5.41) is 0. The number of methoxy groups -OCH3 is 2. The number of para-hydroxylation sites is 1. The largest absolute Gasteiger partial charge is 0.496 e. The molecule has 1 aliphatic rings. The van der Waals surface area contributed by atoms with Gasteiger partial charge in [-0.25, -0.2) is 0 Å². The predicted molar refractivity (Wildman–Crippen MR) is 73.3 cm³/mol. The summed E-state index contributed by atoms with van der Waals surface area (Å²) in [6.07, 6.45) is 1.51. The Morgan fingerprint density at radius 3 is 2.84 bits per heavy atom. The Labute approximate surface area is 114 Å². The van der Waals surface area contributed by atoms with Crippen LogP contribution < -0.4 is 4.74 Å². The van der Waals surface area contributed by atoms with Gasteiger partial charge in [0.1, 0.15) is 5.75 Å². The van der Waals surface area contributed by atoms with E-state index < -0.39 is 0 Å². The van der Waals surface area contributed by atoms with Crippen LogP contribution in [-0.4, -0.2) is 44.7 Å². The predicted octanol–water partition coefficient (Wildman–Crippen LogP) is 1.73. The lowest BCUT2D eigenvalue weighted by Crippen LogP contribution is -2.28. The molecule has 1 atom stereocenters. The molecule has 19 heavy (non-hydrogen) atoms. The first-order valence-electron chi connectivity index (χ1n) is 6.63. The Morgan fingerprint density at radius 2 is 2.11 bits per heavy atom. The summed E-state index contributed by atoms with van der Waals surface area (Å²) in [5.41, 5.74) is 1.18. The number of carbonyl (C=O) groups excluding carboxylic acids is 1. The third-order valence-corrected chi connectivity index (χ3v) is 3.56. The Morgan fingerprint density at radius 1 is 1.32 bits per heavy atom. The van der Waals surface area contributed by atoms with Gasteiger partial charge < -0.3 is 14.4 Å². The number of carbonyl (C=O) groups is 1. The maximum atomic E-state index is 11.9. The van der Waals surface area contributed by atoms with E-state index in [0.29, 0.717) is 25.5 Å². The van der Waals surface area contributed by atoms with E-state index in [1.807, 2.05) is 23.1 Å². The molecule has 0 unspecified atom stereocenters. The second kappa shape index (κ2) is 6.57. The van der Waals surface area contributed by atoms with E-state index in [1.165, 1.54) is 5.56 Å². The van der Waals surface area contributed by atoms with Crippen molar-refractivity contribution in [2.24, 2.45) is 5.92 Å². The zero-order valence-electron chi connectivity index (χ0n) is 11.6. The first-order chi connectivity index (χ1) is 9.24. The summed E-state index contributed by atoms with van der Waals surface area (Å²) >= 11 is 0. The van der Waals surface area contributed by atoms with Gasteiger partial charge in [-0.1, -0.05) is 18.2 Å². The molecule has 0 saturated carbocycles. The van der Waals surface area contributed by atoms with E-state index in [-0.39, 0.29) is 5.91 Å². The highest BCUT2D eigenvalue weighted by molar-refractivity contribution is 5.78. The van der Waals surface area contributed by atoms with Crippen molar-refractivity contribution in [3.05, 3.63) is 29.8 Å². The fourth-order valence-corrected chi connectivity index (χ4v) is 2.59. The fraction of sp³-hybridized carbons (Fsp3) is 0.533. The molecule has 104 valence electrons. The zero-order valence-corrected chi connectivity index (χ0v) is 11.6. The number of benzene rings is 1. The fourth-order valence-electron chi connectivity index (χ4n) is 2.59. The van der Waals surface area contributed by atoms with Crippen LogP contribution in [0.1, 0.15) is 12.0 Å². The second-order valence-electron chi connectivity index (χ2n) is 4.92. The Kier molecular flexibility index (Phi) is 4.80. The minimum absolute atomic E-state index is 0.233. The molecular formula is C15H21NO3. The second-order valence-corrected chi connectivity index (χ2v) is 4.92. The van der Waals surface area contributed by atoms with Gasteiger partial charge in [0.2, 0.25) is 5.91 Å². The average molecular weight is 263 g/mol. The van der Waals surface area contributed by atoms with Crippen molar-refractivity contribution in [1.29, 1.82) is 0 Å². The molecule has 0 radical (unpaired) electrons. The molecule has 0 aromatic heterocycles. The standard InChI is InChI=1S/C15H21NO3/c1-18-8-7-16-11-12(10-15(16)17)9-13-5-3-4-6-14(13)19-2/h3-6,12H,7-11H2,1-2H3/t12-/m1/s1. The summed E-state index contributed by atoms with van der Waals surface area (Å²) < 4.78 is 10.4. The van der Waals surface area contributed by atoms with Gasteiger partial charge in [-0.05, 0) is 24.0 Å². The number of rotatable bonds is 6. The molecule has 1 fully saturated rings. The summed E-state index contributed by atoms with van der Waals surface area (Å²) in [6.45, 7) is 2.12. The molecule has 4 heteroatoms. The molecule has 1 aromatic rings. The van der Waals surface area contributed by atoms with Gasteiger partial charge in [0.25, 0.3) is 0 Å². The Balaban J connectivity index is 1.95. The zero-order chi connectivity index (χ0) is 13.7. The van der Waals surface area contributed by atoms with Crippen molar-refractivity contribution in [2.45, 2.75) is 12.8 Å². The lowest BCUT2D eigenvalue weighted by Gasteiger charge is -2.16. The normalized spacial score (nSPS) is 18.9. The number of nitrogens with zero attached hydrogens (tertiary/aromatic N) is 1. The van der Waals surface area contributed by atoms with Crippen LogP contribution in [-0.2, 0) is 16.0 Å². The first-order valence-corrected chi connectivity index (χ1v) is 6.63. The van der Waals surface area contributed by atoms with Crippen molar-refractivity contribution in [2.75, 3.05) is 33.9 Å². The molecular weight excluding hydrogens is 242 g/mol. The SMILES string of the molecule is COCCN1C[C@H](Cc2ccccc2OC)CC1=O. The van der Waals surface area contributed by atoms with Crippen LogP contribution >= 0.6 is 0 Å². The smallest absolute Gasteiger partial charge is 0.223 e. The van der Waals surface area contributed by atoms with Crippen LogP contribution in [0.15, 0.2) is 24.3 Å². The van der Waals surface area contributed by atoms with Crippen LogP contribution in [0.25, 0.3) is 0 Å². The minimum atomic E-state index is 0.233. The molecule has 0 aliphatic carbocycles. The third kappa shape index (κ3) is 3.47. The van der Waals surface area contributed by atoms with Gasteiger partial charge in [0.05, 0.1) is 13.7 Å². The molecule has 1 aliphatic heterocycles. The molecule has 0 spiro atoms. The molecule has 1 saturated heterocycles. The van der Waals surface area contributed by atoms with E-state index in [2.05, 4.69) is 6.07 Å². The van der Waals surface area contributed by atoms with Gasteiger partial charge in [-0.2, -0.15) is 0 Å². The summed E-state index contributed by atoms with van der Waals surface area (Å²) in [6, 6.07) is 8.01. The number of hydrogen-bond acceptors (Lipinski definition) is 3. The molecule has 2 rings (SSSR count). The van der Waals surface area contributed by atoms with Crippen LogP contribution in [0, 0.1) is 5.92 Å². The quantitative estimate of drug-likeness (QED) is 0.784. The number of amides is 1. The Bertz CT molecular complexity index is 433. The van der Waals surface area contributed by atoms with Gasteiger partial charge in [0, 0.05) is 26.6 Å². The molecule has 0 N–H and O–H groups in total. The van der Waals surface area contributed by atoms with E-state index in [0.717, 1.165) is 18.7 Å². The van der Waals surface area contributed by atoms with Crippen molar-refractivity contribution in [3.8, 4) is 5.75 Å². The van der Waals surface area contributed by atoms with E-state index in [1.54, 1.807) is 14.2 Å². The number of hydrogen-bond donors (Lipinski definition) is 0. The van der Waals surface area contributed by atoms with Crippen LogP contribution in [0.5, 0.6) is 5.75 Å². The van der Waals surface area contributed by atoms with Gasteiger partial charge in [0.15, 0.2) is 0 Å². The van der Waals surface area contributed by atoms with Crippen LogP contribution in [0.3, 0.4) is 0 Å². The third-order valence-electron chi connectivity index (χ3n) is 3.56. The van der Waals surface area contributed by atoms with Crippen molar-refractivity contribution in [1.82, 2.24) is 4.90 Å². The highest BCUT2D eigenvalue weighted by atomic mass is 16.5. The highest BCUT2D eigenvalue weighted by Crippen LogP contribution is 2.26. The molecule has 4 nitrogen and oxygen atoms in total. The van der Waals surface area contributed by atoms with Crippen molar-refractivity contribution in [3.63, 3.8) is 0 Å². The first kappa shape index (κ1) is 13.9. The number of ether oxygens (including phenoxy) is 2. The maximum Gasteiger partial charge on any atom is 0.223 e. The molecule has 1 aromatic carbocycles. The molecule has 0 bridgehead atoms. The van der Waals surface area contributed by atoms with Crippen molar-refractivity contribution < 1.29 is 14.3 Å². The van der Waals surface area contributed by atoms with E-state index >= 15 is 0 Å². The summed E-state index contributed by atoms with van der Waals surface area (Å²) in [7, 11) is 3.34. The number of likely N-dealkylation sites (tertiary alicyclic amines) is 1. The van der Waals surface area contributed by atoms with Gasteiger partial charge >= 0.3 is 0 Å². The lowest BCUT2D eigenvalue weighted by molar-refractivity contribution is -0.128. The topological polar surface area (TPSA) is 38.8 Å². The average Bonchev–Trinajstić information content (AvgIpc) is 2.77. The monoisotopic (exact) mass is 263 g/mol. The summed E-state index contributed by atoms with van der Waals surface area (Å²) in [5.74, 6) is 1.52. The van der Waals surface area contributed by atoms with Crippen LogP contribution in [0.4, 0.5) is 0 Å². The van der Waals surface area contributed by atoms with Crippen molar-refractivity contribution >= 4 is 5.91 Å². The van der Waals surface area contributed by atoms with Crippen LogP contribution in [0.2, 0.25) is 0 Å². The maximum absolute atomic E-state index is 11.9. The van der Waals surface area contributed by atoms with Gasteiger partial charge in [-0.3, -0.25) is 4.79 Å². The lowest BCUT2D eigenvalue weighted by atomic mass is 9.98. The minimum Gasteiger partial charge on any atom is -0.496 e. The van der Waals surface area contributed by atoms with Gasteiger partial charge in [-0.15, -0.1) is 0 Å². The van der Waals surface area contributed by atoms with E-state index in [4.69, 9.17) is 9.47 Å².